The first-order valence-corrected chi connectivity index (χ1v) is 16.6. The lowest BCUT2D eigenvalue weighted by Crippen LogP contribution is -2.56. The maximum atomic E-state index is 12.8. The molecule has 4 saturated carbocycles. The Labute approximate surface area is 245 Å². The molecule has 2 aliphatic heterocycles. The van der Waals surface area contributed by atoms with Crippen molar-refractivity contribution < 1.29 is 14.3 Å². The smallest absolute Gasteiger partial charge is 0.319 e. The Hall–Kier alpha value is -1.30. The van der Waals surface area contributed by atoms with Crippen molar-refractivity contribution in [2.24, 2.45) is 52.3 Å². The molecule has 1 aromatic rings. The highest BCUT2D eigenvalue weighted by atomic mass is 35.5. The molecule has 2 N–H and O–H groups in total. The summed E-state index contributed by atoms with van der Waals surface area (Å²) in [6.45, 7) is 10.9. The number of amides is 2. The molecule has 4 aliphatic carbocycles. The maximum Gasteiger partial charge on any atom is 0.319 e. The number of carbonyl (C=O) groups excluding carboxylic acids is 1. The number of fused-ring (bicyclic) bond motifs is 7. The highest BCUT2D eigenvalue weighted by Gasteiger charge is 2.69. The van der Waals surface area contributed by atoms with Gasteiger partial charge >= 0.3 is 6.03 Å². The van der Waals surface area contributed by atoms with Gasteiger partial charge in [-0.05, 0) is 128 Å². The first-order chi connectivity index (χ1) is 19.1. The standard InChI is InChI=1S/C34H49ClN2O3/c1-20-11-16-34(39-19-20)21(2)30-29(40-34)18-28-26-10-5-22-17-25(37-31(38)36-24-8-6-23(35)7-9-24)12-14-32(22,3)27(26)13-15-33(28,30)4/h6-9,20-22,25-30H,5,10-19H2,1-4H3,(H2,36,37,38)/t20-,21-,22+,25+,26+,27-,28-,29-,30-,32-,33-,34+/m0/s1. The Morgan fingerprint density at radius 1 is 0.925 bits per heavy atom. The fraction of sp³-hybridized carbons (Fsp3) is 0.794. The van der Waals surface area contributed by atoms with E-state index in [0.29, 0.717) is 45.6 Å². The Kier molecular flexibility index (Phi) is 6.80. The van der Waals surface area contributed by atoms with Crippen LogP contribution in [0.25, 0.3) is 0 Å². The molecule has 220 valence electrons. The van der Waals surface area contributed by atoms with E-state index >= 15 is 0 Å². The molecule has 6 aliphatic rings. The van der Waals surface area contributed by atoms with Gasteiger partial charge in [0.1, 0.15) is 0 Å². The lowest BCUT2D eigenvalue weighted by molar-refractivity contribution is -0.273. The molecule has 1 spiro atoms. The largest absolute Gasteiger partial charge is 0.349 e. The van der Waals surface area contributed by atoms with Gasteiger partial charge in [0.25, 0.3) is 0 Å². The van der Waals surface area contributed by atoms with Crippen LogP contribution < -0.4 is 10.6 Å². The summed E-state index contributed by atoms with van der Waals surface area (Å²) >= 11 is 5.99. The van der Waals surface area contributed by atoms with E-state index in [-0.39, 0.29) is 17.9 Å². The van der Waals surface area contributed by atoms with Crippen molar-refractivity contribution in [1.82, 2.24) is 5.32 Å². The molecule has 6 fully saturated rings. The third-order valence-electron chi connectivity index (χ3n) is 13.4. The highest BCUT2D eigenvalue weighted by Crippen LogP contribution is 2.71. The van der Waals surface area contributed by atoms with Gasteiger partial charge in [-0.15, -0.1) is 0 Å². The van der Waals surface area contributed by atoms with Crippen molar-refractivity contribution in [2.75, 3.05) is 11.9 Å². The molecule has 0 radical (unpaired) electrons. The number of nitrogens with one attached hydrogen (secondary N) is 2. The zero-order valence-corrected chi connectivity index (χ0v) is 25.6. The van der Waals surface area contributed by atoms with Gasteiger partial charge in [-0.25, -0.2) is 4.79 Å². The molecule has 2 amide bonds. The van der Waals surface area contributed by atoms with Gasteiger partial charge in [-0.3, -0.25) is 0 Å². The second-order valence-electron chi connectivity index (χ2n) is 15.3. The van der Waals surface area contributed by atoms with Crippen LogP contribution in [-0.2, 0) is 9.47 Å². The van der Waals surface area contributed by atoms with Crippen molar-refractivity contribution >= 4 is 23.3 Å². The minimum atomic E-state index is -0.318. The van der Waals surface area contributed by atoms with Gasteiger partial charge in [0.2, 0.25) is 0 Å². The number of ether oxygens (including phenoxy) is 2. The third kappa shape index (κ3) is 4.27. The van der Waals surface area contributed by atoms with Crippen LogP contribution in [0, 0.1) is 52.3 Å². The van der Waals surface area contributed by atoms with Crippen LogP contribution in [0.3, 0.4) is 0 Å². The Bertz CT molecular complexity index is 1120. The van der Waals surface area contributed by atoms with E-state index in [1.807, 2.05) is 24.3 Å². The van der Waals surface area contributed by atoms with Crippen LogP contribution in [0.4, 0.5) is 10.5 Å². The molecule has 0 aromatic heterocycles. The van der Waals surface area contributed by atoms with Crippen molar-refractivity contribution in [3.63, 3.8) is 0 Å². The molecule has 7 rings (SSSR count). The van der Waals surface area contributed by atoms with E-state index in [1.165, 1.54) is 44.9 Å². The van der Waals surface area contributed by atoms with Crippen LogP contribution in [0.5, 0.6) is 0 Å². The maximum absolute atomic E-state index is 12.8. The van der Waals surface area contributed by atoms with Crippen LogP contribution in [0.1, 0.15) is 91.9 Å². The molecule has 40 heavy (non-hydrogen) atoms. The van der Waals surface area contributed by atoms with Crippen LogP contribution in [0.2, 0.25) is 5.02 Å². The topological polar surface area (TPSA) is 59.6 Å². The number of rotatable bonds is 2. The lowest BCUT2D eigenvalue weighted by Gasteiger charge is -2.61. The fourth-order valence-corrected chi connectivity index (χ4v) is 11.4. The first-order valence-electron chi connectivity index (χ1n) is 16.3. The van der Waals surface area contributed by atoms with E-state index in [1.54, 1.807) is 0 Å². The average molecular weight is 569 g/mol. The van der Waals surface area contributed by atoms with Crippen molar-refractivity contribution in [3.8, 4) is 0 Å². The van der Waals surface area contributed by atoms with Crippen LogP contribution >= 0.6 is 11.6 Å². The summed E-state index contributed by atoms with van der Waals surface area (Å²) in [5.74, 6) is 4.57. The zero-order valence-electron chi connectivity index (χ0n) is 24.9. The molecule has 0 unspecified atom stereocenters. The van der Waals surface area contributed by atoms with Crippen molar-refractivity contribution in [2.45, 2.75) is 110 Å². The molecular weight excluding hydrogens is 520 g/mol. The van der Waals surface area contributed by atoms with E-state index in [4.69, 9.17) is 21.1 Å². The minimum Gasteiger partial charge on any atom is -0.349 e. The summed E-state index contributed by atoms with van der Waals surface area (Å²) in [7, 11) is 0. The summed E-state index contributed by atoms with van der Waals surface area (Å²) in [5, 5.41) is 6.96. The van der Waals surface area contributed by atoms with Crippen LogP contribution in [-0.4, -0.2) is 30.6 Å². The predicted octanol–water partition coefficient (Wildman–Crippen LogP) is 8.28. The molecule has 2 heterocycles. The molecule has 6 heteroatoms. The summed E-state index contributed by atoms with van der Waals surface area (Å²) < 4.78 is 13.5. The van der Waals surface area contributed by atoms with E-state index in [2.05, 4.69) is 38.3 Å². The summed E-state index contributed by atoms with van der Waals surface area (Å²) in [6.07, 6.45) is 12.7. The minimum absolute atomic E-state index is 0.0983. The fourth-order valence-electron chi connectivity index (χ4n) is 11.3. The molecule has 2 saturated heterocycles. The van der Waals surface area contributed by atoms with Gasteiger partial charge in [0.05, 0.1) is 12.7 Å². The molecule has 0 bridgehead atoms. The SMILES string of the molecule is C[C@H]1CC[C@@]2(OC1)O[C@H]1C[C@H]3[C@@H]4CC[C@@H]5C[C@H](NC(=O)Nc6ccc(Cl)cc6)CC[C@]5(C)[C@H]4CC[C@]3(C)[C@H]1[C@@H]2C. The number of hydrogen-bond donors (Lipinski definition) is 2. The summed E-state index contributed by atoms with van der Waals surface area (Å²) in [4.78, 5) is 12.8. The van der Waals surface area contributed by atoms with Gasteiger partial charge < -0.3 is 20.1 Å². The summed E-state index contributed by atoms with van der Waals surface area (Å²) in [5.41, 5.74) is 1.55. The molecule has 5 nitrogen and oxygen atoms in total. The highest BCUT2D eigenvalue weighted by molar-refractivity contribution is 6.30. The summed E-state index contributed by atoms with van der Waals surface area (Å²) in [6, 6.07) is 7.48. The number of halogens is 1. The number of anilines is 1. The number of carbonyl (C=O) groups is 1. The number of urea groups is 1. The van der Waals surface area contributed by atoms with Crippen LogP contribution in [0.15, 0.2) is 24.3 Å². The molecular formula is C34H49ClN2O3. The van der Waals surface area contributed by atoms with E-state index < -0.39 is 0 Å². The molecule has 12 atom stereocenters. The predicted molar refractivity (Wildman–Crippen MR) is 159 cm³/mol. The Morgan fingerprint density at radius 3 is 2.45 bits per heavy atom. The lowest BCUT2D eigenvalue weighted by atomic mass is 9.44. The number of hydrogen-bond acceptors (Lipinski definition) is 3. The Morgan fingerprint density at radius 2 is 1.70 bits per heavy atom. The monoisotopic (exact) mass is 568 g/mol. The normalized spacial score (nSPS) is 49.5. The van der Waals surface area contributed by atoms with Gasteiger partial charge in [0.15, 0.2) is 5.79 Å². The third-order valence-corrected chi connectivity index (χ3v) is 13.6. The van der Waals surface area contributed by atoms with Gasteiger partial charge in [-0.2, -0.15) is 0 Å². The van der Waals surface area contributed by atoms with E-state index in [9.17, 15) is 4.79 Å². The number of benzene rings is 1. The van der Waals surface area contributed by atoms with Crippen molar-refractivity contribution in [1.29, 1.82) is 0 Å². The van der Waals surface area contributed by atoms with Gasteiger partial charge in [-0.1, -0.05) is 39.3 Å². The first kappa shape index (κ1) is 27.5. The van der Waals surface area contributed by atoms with E-state index in [0.717, 1.165) is 49.3 Å². The van der Waals surface area contributed by atoms with Gasteiger partial charge in [0, 0.05) is 29.1 Å². The molecule has 1 aromatic carbocycles. The van der Waals surface area contributed by atoms with Crippen molar-refractivity contribution in [3.05, 3.63) is 29.3 Å². The Balaban J connectivity index is 1.01. The second kappa shape index (κ2) is 9.88. The second-order valence-corrected chi connectivity index (χ2v) is 15.7. The quantitative estimate of drug-likeness (QED) is 0.377. The average Bonchev–Trinajstić information content (AvgIpc) is 3.37. The zero-order chi connectivity index (χ0) is 27.9.